The zero-order valence-corrected chi connectivity index (χ0v) is 13.0. The van der Waals surface area contributed by atoms with Crippen LogP contribution < -0.4 is 5.73 Å². The highest BCUT2D eigenvalue weighted by molar-refractivity contribution is 7.91. The summed E-state index contributed by atoms with van der Waals surface area (Å²) in [5.41, 5.74) is 7.65. The summed E-state index contributed by atoms with van der Waals surface area (Å²) in [5, 5.41) is -0.220. The van der Waals surface area contributed by atoms with Gasteiger partial charge in [-0.1, -0.05) is 26.2 Å². The average Bonchev–Trinajstić information content (AvgIpc) is 2.91. The number of aromatic amines is 1. The van der Waals surface area contributed by atoms with Crippen molar-refractivity contribution >= 4 is 26.6 Å². The topological polar surface area (TPSA) is 88.8 Å². The van der Waals surface area contributed by atoms with Gasteiger partial charge in [-0.3, -0.25) is 0 Å². The summed E-state index contributed by atoms with van der Waals surface area (Å²) >= 11 is 0. The maximum atomic E-state index is 12.9. The molecule has 6 heteroatoms. The van der Waals surface area contributed by atoms with E-state index in [1.54, 1.807) is 18.2 Å². The number of benzene rings is 1. The summed E-state index contributed by atoms with van der Waals surface area (Å²) < 4.78 is 25.8. The molecule has 1 aliphatic rings. The van der Waals surface area contributed by atoms with Gasteiger partial charge in [0, 0.05) is 5.69 Å². The third-order valence-electron chi connectivity index (χ3n) is 4.52. The number of hydrogen-bond donors (Lipinski definition) is 2. The number of nitrogens with zero attached hydrogens (tertiary/aromatic N) is 1. The number of nitrogen functional groups attached to an aromatic ring is 1. The van der Waals surface area contributed by atoms with Crippen molar-refractivity contribution in [2.24, 2.45) is 5.92 Å². The van der Waals surface area contributed by atoms with E-state index in [0.29, 0.717) is 16.7 Å². The van der Waals surface area contributed by atoms with Gasteiger partial charge < -0.3 is 10.7 Å². The van der Waals surface area contributed by atoms with Crippen LogP contribution in [0.15, 0.2) is 23.4 Å². The minimum atomic E-state index is -3.41. The van der Waals surface area contributed by atoms with Crippen LogP contribution in [0.5, 0.6) is 0 Å². The van der Waals surface area contributed by atoms with Crippen molar-refractivity contribution in [1.82, 2.24) is 9.97 Å². The summed E-state index contributed by atoms with van der Waals surface area (Å²) in [6, 6.07) is 5.20. The van der Waals surface area contributed by atoms with Crippen LogP contribution in [0.3, 0.4) is 0 Å². The molecule has 3 rings (SSSR count). The Hall–Kier alpha value is -1.56. The van der Waals surface area contributed by atoms with E-state index in [-0.39, 0.29) is 16.3 Å². The quantitative estimate of drug-likeness (QED) is 0.853. The summed E-state index contributed by atoms with van der Waals surface area (Å²) in [5.74, 6) is 0.238. The van der Waals surface area contributed by atoms with Crippen LogP contribution in [0.25, 0.3) is 11.0 Å². The van der Waals surface area contributed by atoms with E-state index in [1.807, 2.05) is 0 Å². The molecule has 0 radical (unpaired) electrons. The molecule has 3 N–H and O–H groups in total. The fourth-order valence-electron chi connectivity index (χ4n) is 3.33. The summed E-state index contributed by atoms with van der Waals surface area (Å²) in [6.45, 7) is 2.07. The molecule has 114 valence electrons. The van der Waals surface area contributed by atoms with Crippen molar-refractivity contribution in [3.63, 3.8) is 0 Å². The Morgan fingerprint density at radius 3 is 2.86 bits per heavy atom. The second-order valence-corrected chi connectivity index (χ2v) is 7.94. The van der Waals surface area contributed by atoms with Crippen molar-refractivity contribution in [3.8, 4) is 0 Å². The van der Waals surface area contributed by atoms with E-state index in [2.05, 4.69) is 16.9 Å². The Morgan fingerprint density at radius 2 is 2.10 bits per heavy atom. The van der Waals surface area contributed by atoms with E-state index in [1.165, 1.54) is 0 Å². The van der Waals surface area contributed by atoms with Crippen LogP contribution in [0.1, 0.15) is 39.0 Å². The van der Waals surface area contributed by atoms with Gasteiger partial charge in [0.05, 0.1) is 16.3 Å². The molecule has 1 fully saturated rings. The van der Waals surface area contributed by atoms with Gasteiger partial charge in [0.2, 0.25) is 15.0 Å². The van der Waals surface area contributed by atoms with Crippen LogP contribution in [0.4, 0.5) is 5.69 Å². The fraction of sp³-hybridized carbons (Fsp3) is 0.533. The van der Waals surface area contributed by atoms with Crippen molar-refractivity contribution in [2.75, 3.05) is 5.73 Å². The van der Waals surface area contributed by atoms with E-state index in [4.69, 9.17) is 5.73 Å². The lowest BCUT2D eigenvalue weighted by Crippen LogP contribution is -2.33. The molecule has 0 spiro atoms. The van der Waals surface area contributed by atoms with Gasteiger partial charge in [-0.05, 0) is 37.0 Å². The predicted molar refractivity (Wildman–Crippen MR) is 83.7 cm³/mol. The van der Waals surface area contributed by atoms with Crippen molar-refractivity contribution in [2.45, 2.75) is 49.4 Å². The molecule has 21 heavy (non-hydrogen) atoms. The monoisotopic (exact) mass is 307 g/mol. The molecule has 0 saturated heterocycles. The van der Waals surface area contributed by atoms with Gasteiger partial charge >= 0.3 is 0 Å². The molecular formula is C15H21N3O2S. The lowest BCUT2D eigenvalue weighted by atomic mass is 9.87. The Bertz CT molecular complexity index is 751. The Labute approximate surface area is 124 Å². The lowest BCUT2D eigenvalue weighted by molar-refractivity contribution is 0.347. The number of H-pyrrole nitrogens is 1. The number of nitrogens with one attached hydrogen (secondary N) is 1. The highest BCUT2D eigenvalue weighted by Crippen LogP contribution is 2.34. The lowest BCUT2D eigenvalue weighted by Gasteiger charge is -2.29. The van der Waals surface area contributed by atoms with Gasteiger partial charge in [-0.15, -0.1) is 0 Å². The second-order valence-electron chi connectivity index (χ2n) is 5.85. The Morgan fingerprint density at radius 1 is 1.33 bits per heavy atom. The first-order valence-electron chi connectivity index (χ1n) is 7.51. The Kier molecular flexibility index (Phi) is 3.65. The molecule has 1 aromatic heterocycles. The summed E-state index contributed by atoms with van der Waals surface area (Å²) in [6.07, 6.45) is 4.74. The van der Waals surface area contributed by atoms with E-state index in [9.17, 15) is 8.42 Å². The average molecular weight is 307 g/mol. The van der Waals surface area contributed by atoms with E-state index >= 15 is 0 Å². The molecule has 5 nitrogen and oxygen atoms in total. The Balaban J connectivity index is 2.02. The fourth-order valence-corrected chi connectivity index (χ4v) is 5.41. The van der Waals surface area contributed by atoms with Gasteiger partial charge in [0.15, 0.2) is 0 Å². The van der Waals surface area contributed by atoms with Crippen LogP contribution in [-0.4, -0.2) is 23.6 Å². The van der Waals surface area contributed by atoms with Crippen LogP contribution in [0, 0.1) is 5.92 Å². The molecule has 2 unspecified atom stereocenters. The highest BCUT2D eigenvalue weighted by Gasteiger charge is 2.37. The molecule has 1 aliphatic carbocycles. The zero-order valence-electron chi connectivity index (χ0n) is 12.2. The van der Waals surface area contributed by atoms with Gasteiger partial charge in [0.1, 0.15) is 0 Å². The molecule has 1 saturated carbocycles. The first-order valence-corrected chi connectivity index (χ1v) is 9.06. The van der Waals surface area contributed by atoms with Gasteiger partial charge in [-0.2, -0.15) is 0 Å². The highest BCUT2D eigenvalue weighted by atomic mass is 32.2. The van der Waals surface area contributed by atoms with Crippen molar-refractivity contribution in [1.29, 1.82) is 0 Å². The number of nitrogens with two attached hydrogens (primary N) is 1. The molecule has 2 atom stereocenters. The standard InChI is InChI=1S/C15H21N3O2S/c1-2-10-5-3-4-6-14(10)21(19,20)15-17-12-8-7-11(16)9-13(12)18-15/h7-10,14H,2-6,16H2,1H3,(H,17,18). The smallest absolute Gasteiger partial charge is 0.226 e. The molecule has 2 aromatic rings. The number of aromatic nitrogens is 2. The van der Waals surface area contributed by atoms with Gasteiger partial charge in [-0.25, -0.2) is 13.4 Å². The summed E-state index contributed by atoms with van der Waals surface area (Å²) in [4.78, 5) is 7.21. The minimum absolute atomic E-state index is 0.0912. The van der Waals surface area contributed by atoms with E-state index in [0.717, 1.165) is 32.1 Å². The molecule has 0 aliphatic heterocycles. The van der Waals surface area contributed by atoms with Crippen LogP contribution >= 0.6 is 0 Å². The normalized spacial score (nSPS) is 23.5. The molecule has 1 heterocycles. The third kappa shape index (κ3) is 2.52. The maximum Gasteiger partial charge on any atom is 0.226 e. The molecule has 0 bridgehead atoms. The maximum absolute atomic E-state index is 12.9. The SMILES string of the molecule is CCC1CCCCC1S(=O)(=O)c1nc2ccc(N)cc2[nH]1. The summed E-state index contributed by atoms with van der Waals surface area (Å²) in [7, 11) is -3.41. The third-order valence-corrected chi connectivity index (χ3v) is 6.67. The zero-order chi connectivity index (χ0) is 15.0. The van der Waals surface area contributed by atoms with Crippen LogP contribution in [-0.2, 0) is 9.84 Å². The van der Waals surface area contributed by atoms with Crippen LogP contribution in [0.2, 0.25) is 0 Å². The largest absolute Gasteiger partial charge is 0.399 e. The first-order chi connectivity index (χ1) is 10.0. The van der Waals surface area contributed by atoms with Crippen molar-refractivity contribution < 1.29 is 8.42 Å². The second kappa shape index (κ2) is 5.33. The predicted octanol–water partition coefficient (Wildman–Crippen LogP) is 2.89. The number of fused-ring (bicyclic) bond motifs is 1. The van der Waals surface area contributed by atoms with Gasteiger partial charge in [0.25, 0.3) is 0 Å². The number of sulfone groups is 1. The van der Waals surface area contributed by atoms with Crippen molar-refractivity contribution in [3.05, 3.63) is 18.2 Å². The van der Waals surface area contributed by atoms with E-state index < -0.39 is 9.84 Å². The molecule has 0 amide bonds. The minimum Gasteiger partial charge on any atom is -0.399 e. The number of rotatable bonds is 3. The first kappa shape index (κ1) is 14.4. The molecule has 1 aromatic carbocycles. The number of anilines is 1. The number of hydrogen-bond acceptors (Lipinski definition) is 4. The number of imidazole rings is 1. The molecular weight excluding hydrogens is 286 g/mol.